The Morgan fingerprint density at radius 2 is 2.11 bits per heavy atom. The van der Waals surface area contributed by atoms with Crippen LogP contribution in [0.25, 0.3) is 0 Å². The Morgan fingerprint density at radius 1 is 1.32 bits per heavy atom. The van der Waals surface area contributed by atoms with Crippen molar-refractivity contribution in [3.05, 3.63) is 29.5 Å². The van der Waals surface area contributed by atoms with E-state index in [-0.39, 0.29) is 22.5 Å². The van der Waals surface area contributed by atoms with E-state index in [4.69, 9.17) is 9.47 Å². The summed E-state index contributed by atoms with van der Waals surface area (Å²) in [6, 6.07) is 5.36. The van der Waals surface area contributed by atoms with Crippen LogP contribution in [0.5, 0.6) is 11.5 Å². The van der Waals surface area contributed by atoms with Gasteiger partial charge in [-0.15, -0.1) is 5.10 Å². The first kappa shape index (κ1) is 20.5. The minimum Gasteiger partial charge on any atom is -0.497 e. The molecule has 1 saturated heterocycles. The van der Waals surface area contributed by atoms with Crippen LogP contribution in [0.2, 0.25) is 0 Å². The normalized spacial score (nSPS) is 17.4. The molecule has 1 fully saturated rings. The van der Waals surface area contributed by atoms with Crippen LogP contribution < -0.4 is 9.47 Å². The Labute approximate surface area is 168 Å². The maximum Gasteiger partial charge on any atom is 0.227 e. The van der Waals surface area contributed by atoms with E-state index >= 15 is 0 Å². The minimum absolute atomic E-state index is 0.0413. The molecule has 1 unspecified atom stereocenters. The molecule has 0 N–H and O–H groups in total. The lowest BCUT2D eigenvalue weighted by Gasteiger charge is -2.32. The number of benzene rings is 1. The smallest absolute Gasteiger partial charge is 0.227 e. The maximum atomic E-state index is 12.9. The molecule has 1 atom stereocenters. The zero-order valence-electron chi connectivity index (χ0n) is 16.0. The number of amides is 1. The molecule has 0 radical (unpaired) electrons. The summed E-state index contributed by atoms with van der Waals surface area (Å²) < 4.78 is 38.6. The van der Waals surface area contributed by atoms with Crippen LogP contribution in [-0.2, 0) is 21.1 Å². The van der Waals surface area contributed by atoms with Crippen LogP contribution in [0.3, 0.4) is 0 Å². The predicted octanol–water partition coefficient (Wildman–Crippen LogP) is 1.91. The molecule has 152 valence electrons. The highest BCUT2D eigenvalue weighted by atomic mass is 32.2. The number of carbonyl (C=O) groups excluding carboxylic acids is 1. The number of ether oxygens (including phenoxy) is 2. The van der Waals surface area contributed by atoms with Crippen molar-refractivity contribution in [3.8, 4) is 11.5 Å². The molecule has 3 rings (SSSR count). The fraction of sp³-hybridized carbons (Fsp3) is 0.500. The third-order valence-corrected chi connectivity index (χ3v) is 7.36. The number of carbonyl (C=O) groups is 1. The Kier molecular flexibility index (Phi) is 6.19. The Morgan fingerprint density at radius 3 is 2.79 bits per heavy atom. The lowest BCUT2D eigenvalue weighted by atomic mass is 9.95. The lowest BCUT2D eigenvalue weighted by Crippen LogP contribution is -2.40. The van der Waals surface area contributed by atoms with E-state index in [0.717, 1.165) is 36.2 Å². The van der Waals surface area contributed by atoms with Crippen LogP contribution in [0, 0.1) is 0 Å². The van der Waals surface area contributed by atoms with Gasteiger partial charge in [-0.1, -0.05) is 4.49 Å². The van der Waals surface area contributed by atoms with Gasteiger partial charge >= 0.3 is 0 Å². The number of methoxy groups -OCH3 is 2. The van der Waals surface area contributed by atoms with E-state index in [2.05, 4.69) is 9.59 Å². The molecule has 1 aliphatic heterocycles. The third kappa shape index (κ3) is 4.44. The van der Waals surface area contributed by atoms with Crippen molar-refractivity contribution in [2.75, 3.05) is 33.6 Å². The van der Waals surface area contributed by atoms with Crippen molar-refractivity contribution in [2.45, 2.75) is 29.4 Å². The first-order valence-electron chi connectivity index (χ1n) is 8.84. The van der Waals surface area contributed by atoms with Crippen LogP contribution >= 0.6 is 11.5 Å². The molecule has 10 heteroatoms. The van der Waals surface area contributed by atoms with E-state index in [9.17, 15) is 13.2 Å². The zero-order valence-corrected chi connectivity index (χ0v) is 17.7. The molecule has 1 aliphatic rings. The van der Waals surface area contributed by atoms with Gasteiger partial charge in [0.15, 0.2) is 14.0 Å². The van der Waals surface area contributed by atoms with E-state index in [1.165, 1.54) is 0 Å². The Hall–Kier alpha value is -2.20. The summed E-state index contributed by atoms with van der Waals surface area (Å²) in [6.45, 7) is 1.06. The molecule has 1 aromatic carbocycles. The van der Waals surface area contributed by atoms with Crippen molar-refractivity contribution >= 4 is 27.3 Å². The molecule has 1 amide bonds. The van der Waals surface area contributed by atoms with Crippen molar-refractivity contribution < 1.29 is 22.7 Å². The first-order chi connectivity index (χ1) is 13.3. The minimum atomic E-state index is -3.38. The second-order valence-electron chi connectivity index (χ2n) is 6.75. The van der Waals surface area contributed by atoms with E-state index in [0.29, 0.717) is 30.3 Å². The summed E-state index contributed by atoms with van der Waals surface area (Å²) in [5.74, 6) is 1.12. The van der Waals surface area contributed by atoms with Crippen LogP contribution in [0.4, 0.5) is 0 Å². The van der Waals surface area contributed by atoms with Gasteiger partial charge in [-0.2, -0.15) is 0 Å². The molecule has 0 aliphatic carbocycles. The van der Waals surface area contributed by atoms with E-state index in [1.807, 2.05) is 0 Å². The Balaban J connectivity index is 1.76. The number of piperidine rings is 1. The topological polar surface area (TPSA) is 98.7 Å². The Bertz CT molecular complexity index is 958. The molecule has 0 spiro atoms. The van der Waals surface area contributed by atoms with Crippen molar-refractivity contribution in [3.63, 3.8) is 0 Å². The lowest BCUT2D eigenvalue weighted by molar-refractivity contribution is -0.131. The summed E-state index contributed by atoms with van der Waals surface area (Å²) in [5, 5.41) is 4.05. The molecule has 2 aromatic rings. The average Bonchev–Trinajstić information content (AvgIpc) is 3.18. The second kappa shape index (κ2) is 8.44. The number of rotatable bonds is 6. The maximum absolute atomic E-state index is 12.9. The first-order valence-corrected chi connectivity index (χ1v) is 11.5. The third-order valence-electron chi connectivity index (χ3n) is 4.81. The summed E-state index contributed by atoms with van der Waals surface area (Å²) >= 11 is 0.888. The molecule has 0 saturated carbocycles. The molecular formula is C18H23N3O5S2. The number of hydrogen-bond donors (Lipinski definition) is 0. The molecule has 1 aromatic heterocycles. The monoisotopic (exact) mass is 425 g/mol. The SMILES string of the molecule is COc1ccc(OC)c(CC(=O)N2CCCC(c3nnsc3S(C)(=O)=O)C2)c1. The van der Waals surface area contributed by atoms with Crippen LogP contribution in [0.1, 0.15) is 30.0 Å². The molecule has 8 nitrogen and oxygen atoms in total. The van der Waals surface area contributed by atoms with Gasteiger partial charge in [0.05, 0.1) is 26.3 Å². The molecule has 0 bridgehead atoms. The van der Waals surface area contributed by atoms with Crippen molar-refractivity contribution in [2.24, 2.45) is 0 Å². The fourth-order valence-electron chi connectivity index (χ4n) is 3.42. The molecule has 28 heavy (non-hydrogen) atoms. The highest BCUT2D eigenvalue weighted by Gasteiger charge is 2.31. The average molecular weight is 426 g/mol. The highest BCUT2D eigenvalue weighted by Crippen LogP contribution is 2.32. The van der Waals surface area contributed by atoms with E-state index < -0.39 is 9.84 Å². The van der Waals surface area contributed by atoms with Gasteiger partial charge in [-0.05, 0) is 31.0 Å². The van der Waals surface area contributed by atoms with Gasteiger partial charge < -0.3 is 14.4 Å². The summed E-state index contributed by atoms with van der Waals surface area (Å²) in [6.07, 6.45) is 2.90. The fourth-order valence-corrected chi connectivity index (χ4v) is 5.15. The zero-order chi connectivity index (χ0) is 20.3. The van der Waals surface area contributed by atoms with Gasteiger partial charge in [0.25, 0.3) is 0 Å². The summed E-state index contributed by atoms with van der Waals surface area (Å²) in [7, 11) is -0.245. The van der Waals surface area contributed by atoms with Crippen LogP contribution in [-0.4, -0.2) is 62.4 Å². The van der Waals surface area contributed by atoms with Gasteiger partial charge in [0.2, 0.25) is 5.91 Å². The van der Waals surface area contributed by atoms with Gasteiger partial charge in [-0.25, -0.2) is 8.42 Å². The van der Waals surface area contributed by atoms with Gasteiger partial charge in [-0.3, -0.25) is 4.79 Å². The number of nitrogens with zero attached hydrogens (tertiary/aromatic N) is 3. The number of hydrogen-bond acceptors (Lipinski definition) is 8. The largest absolute Gasteiger partial charge is 0.497 e. The van der Waals surface area contributed by atoms with Crippen molar-refractivity contribution in [1.29, 1.82) is 0 Å². The van der Waals surface area contributed by atoms with Crippen molar-refractivity contribution in [1.82, 2.24) is 14.5 Å². The van der Waals surface area contributed by atoms with E-state index in [1.54, 1.807) is 37.3 Å². The summed E-state index contributed by atoms with van der Waals surface area (Å²) in [4.78, 5) is 14.7. The predicted molar refractivity (Wildman–Crippen MR) is 105 cm³/mol. The highest BCUT2D eigenvalue weighted by molar-refractivity contribution is 7.92. The summed E-state index contributed by atoms with van der Waals surface area (Å²) in [5.41, 5.74) is 1.23. The molecular weight excluding hydrogens is 402 g/mol. The molecule has 2 heterocycles. The van der Waals surface area contributed by atoms with Gasteiger partial charge in [0, 0.05) is 42.4 Å². The van der Waals surface area contributed by atoms with Gasteiger partial charge in [0.1, 0.15) is 11.5 Å². The standard InChI is InChI=1S/C18H23N3O5S2/c1-25-14-6-7-15(26-2)13(9-14)10-16(22)21-8-4-5-12(11-21)17-18(27-20-19-17)28(3,23)24/h6-7,9,12H,4-5,8,10-11H2,1-3H3. The quantitative estimate of drug-likeness (QED) is 0.697. The van der Waals surface area contributed by atoms with Crippen LogP contribution in [0.15, 0.2) is 22.4 Å². The number of likely N-dealkylation sites (tertiary alicyclic amines) is 1. The second-order valence-corrected chi connectivity index (χ2v) is 9.72. The number of sulfone groups is 1. The number of aromatic nitrogens is 2.